The first-order valence-electron chi connectivity index (χ1n) is 7.75. The highest BCUT2D eigenvalue weighted by Gasteiger charge is 2.07. The predicted molar refractivity (Wildman–Crippen MR) is 95.8 cm³/mol. The van der Waals surface area contributed by atoms with Crippen LogP contribution in [0.25, 0.3) is 0 Å². The molecule has 1 aromatic carbocycles. The van der Waals surface area contributed by atoms with Gasteiger partial charge in [0.05, 0.1) is 17.1 Å². The van der Waals surface area contributed by atoms with Crippen molar-refractivity contribution in [3.63, 3.8) is 0 Å². The molecule has 0 atom stereocenters. The average molecular weight is 332 g/mol. The summed E-state index contributed by atoms with van der Waals surface area (Å²) >= 11 is 1.60. The van der Waals surface area contributed by atoms with E-state index in [0.717, 1.165) is 34.8 Å². The van der Waals surface area contributed by atoms with Crippen molar-refractivity contribution < 1.29 is 4.79 Å². The van der Waals surface area contributed by atoms with Crippen molar-refractivity contribution >= 4 is 22.9 Å². The Morgan fingerprint density at radius 1 is 1.30 bits per heavy atom. The number of amides is 1. The first kappa shape index (κ1) is 17.4. The van der Waals surface area contributed by atoms with E-state index in [4.69, 9.17) is 5.73 Å². The fourth-order valence-electron chi connectivity index (χ4n) is 2.14. The lowest BCUT2D eigenvalue weighted by molar-refractivity contribution is -0.120. The number of aryl methyl sites for hydroxylation is 1. The topological polar surface area (TPSA) is 71.2 Å². The number of rotatable bonds is 8. The second kappa shape index (κ2) is 8.64. The third-order valence-corrected chi connectivity index (χ3v) is 4.44. The van der Waals surface area contributed by atoms with Gasteiger partial charge in [0.25, 0.3) is 0 Å². The van der Waals surface area contributed by atoms with Crippen molar-refractivity contribution in [1.82, 2.24) is 10.3 Å². The highest BCUT2D eigenvalue weighted by molar-refractivity contribution is 7.09. The molecule has 0 saturated carbocycles. The zero-order valence-electron chi connectivity index (χ0n) is 13.7. The van der Waals surface area contributed by atoms with Gasteiger partial charge in [0.2, 0.25) is 5.91 Å². The Morgan fingerprint density at radius 3 is 2.70 bits per heavy atom. The molecule has 5 nitrogen and oxygen atoms in total. The molecule has 124 valence electrons. The van der Waals surface area contributed by atoms with Crippen LogP contribution in [-0.4, -0.2) is 31.5 Å². The number of hydrogen-bond acceptors (Lipinski definition) is 5. The third-order valence-electron chi connectivity index (χ3n) is 3.48. The van der Waals surface area contributed by atoms with Crippen LogP contribution in [0.15, 0.2) is 29.6 Å². The summed E-state index contributed by atoms with van der Waals surface area (Å²) in [6.45, 7) is 1.21. The van der Waals surface area contributed by atoms with Gasteiger partial charge in [0, 0.05) is 38.1 Å². The fourth-order valence-corrected chi connectivity index (χ4v) is 2.98. The maximum Gasteiger partial charge on any atom is 0.226 e. The third kappa shape index (κ3) is 5.65. The van der Waals surface area contributed by atoms with Crippen LogP contribution in [0.4, 0.5) is 5.69 Å². The number of carbonyl (C=O) groups is 1. The molecule has 3 N–H and O–H groups in total. The summed E-state index contributed by atoms with van der Waals surface area (Å²) in [5.41, 5.74) is 8.56. The smallest absolute Gasteiger partial charge is 0.226 e. The number of carbonyl (C=O) groups excluding carboxylic acids is 1. The van der Waals surface area contributed by atoms with E-state index >= 15 is 0 Å². The van der Waals surface area contributed by atoms with Gasteiger partial charge in [-0.3, -0.25) is 4.79 Å². The second-order valence-electron chi connectivity index (χ2n) is 5.64. The first-order valence-corrected chi connectivity index (χ1v) is 8.62. The summed E-state index contributed by atoms with van der Waals surface area (Å²) in [7, 11) is 4.01. The number of nitrogens with two attached hydrogens (primary N) is 1. The molecule has 0 radical (unpaired) electrons. The summed E-state index contributed by atoms with van der Waals surface area (Å²) in [5, 5.41) is 5.95. The van der Waals surface area contributed by atoms with Crippen molar-refractivity contribution in [2.45, 2.75) is 25.8 Å². The van der Waals surface area contributed by atoms with Crippen LogP contribution in [0.1, 0.15) is 22.7 Å². The number of aromatic nitrogens is 1. The quantitative estimate of drug-likeness (QED) is 0.775. The largest absolute Gasteiger partial charge is 0.378 e. The zero-order chi connectivity index (χ0) is 16.7. The monoisotopic (exact) mass is 332 g/mol. The summed E-state index contributed by atoms with van der Waals surface area (Å²) in [4.78, 5) is 18.5. The highest BCUT2D eigenvalue weighted by Crippen LogP contribution is 2.13. The van der Waals surface area contributed by atoms with Gasteiger partial charge < -0.3 is 16.0 Å². The molecule has 0 unspecified atom stereocenters. The Bertz CT molecular complexity index is 622. The van der Waals surface area contributed by atoms with Crippen molar-refractivity contribution in [3.8, 4) is 0 Å². The molecule has 1 amide bonds. The summed E-state index contributed by atoms with van der Waals surface area (Å²) < 4.78 is 0. The standard InChI is InChI=1S/C17H24N4OS/c1-21(2)15-7-5-13(6-8-15)11-19-16(22)10-14-12-23-17(20-14)4-3-9-18/h5-8,12H,3-4,9-11,18H2,1-2H3,(H,19,22). The Kier molecular flexibility index (Phi) is 6.55. The summed E-state index contributed by atoms with van der Waals surface area (Å²) in [6.07, 6.45) is 2.15. The van der Waals surface area contributed by atoms with Gasteiger partial charge in [-0.2, -0.15) is 0 Å². The van der Waals surface area contributed by atoms with Gasteiger partial charge in [-0.1, -0.05) is 12.1 Å². The van der Waals surface area contributed by atoms with Crippen LogP contribution in [0.2, 0.25) is 0 Å². The number of nitrogens with one attached hydrogen (secondary N) is 1. The van der Waals surface area contributed by atoms with Gasteiger partial charge in [-0.05, 0) is 30.7 Å². The highest BCUT2D eigenvalue weighted by atomic mass is 32.1. The van der Waals surface area contributed by atoms with E-state index in [9.17, 15) is 4.79 Å². The van der Waals surface area contributed by atoms with Crippen LogP contribution >= 0.6 is 11.3 Å². The molecular formula is C17H24N4OS. The van der Waals surface area contributed by atoms with Gasteiger partial charge in [-0.15, -0.1) is 11.3 Å². The molecule has 0 aliphatic heterocycles. The molecule has 0 fully saturated rings. The van der Waals surface area contributed by atoms with Gasteiger partial charge in [0.15, 0.2) is 0 Å². The number of nitrogens with zero attached hydrogens (tertiary/aromatic N) is 2. The van der Waals surface area contributed by atoms with E-state index in [0.29, 0.717) is 19.5 Å². The Morgan fingerprint density at radius 2 is 2.04 bits per heavy atom. The number of benzene rings is 1. The molecule has 1 heterocycles. The molecule has 0 saturated heterocycles. The lowest BCUT2D eigenvalue weighted by Crippen LogP contribution is -2.24. The lowest BCUT2D eigenvalue weighted by Gasteiger charge is -2.12. The predicted octanol–water partition coefficient (Wildman–Crippen LogP) is 1.96. The van der Waals surface area contributed by atoms with Crippen molar-refractivity contribution in [2.24, 2.45) is 5.73 Å². The molecule has 1 aromatic heterocycles. The number of hydrogen-bond donors (Lipinski definition) is 2. The molecule has 0 aliphatic carbocycles. The summed E-state index contributed by atoms with van der Waals surface area (Å²) in [5.74, 6) is -0.00244. The Hall–Kier alpha value is -1.92. The van der Waals surface area contributed by atoms with E-state index in [-0.39, 0.29) is 5.91 Å². The molecule has 0 bridgehead atoms. The van der Waals surface area contributed by atoms with Crippen molar-refractivity contribution in [1.29, 1.82) is 0 Å². The van der Waals surface area contributed by atoms with E-state index in [1.165, 1.54) is 0 Å². The first-order chi connectivity index (χ1) is 11.1. The van der Waals surface area contributed by atoms with Crippen LogP contribution in [-0.2, 0) is 24.2 Å². The maximum atomic E-state index is 12.0. The average Bonchev–Trinajstić information content (AvgIpc) is 2.98. The minimum atomic E-state index is -0.00244. The normalized spacial score (nSPS) is 10.6. The Labute approximate surface area is 141 Å². The zero-order valence-corrected chi connectivity index (χ0v) is 14.5. The van der Waals surface area contributed by atoms with Gasteiger partial charge >= 0.3 is 0 Å². The van der Waals surface area contributed by atoms with Gasteiger partial charge in [-0.25, -0.2) is 4.98 Å². The summed E-state index contributed by atoms with van der Waals surface area (Å²) in [6, 6.07) is 8.16. The van der Waals surface area contributed by atoms with E-state index in [1.807, 2.05) is 48.6 Å². The maximum absolute atomic E-state index is 12.0. The minimum absolute atomic E-state index is 0.00244. The molecule has 0 aliphatic rings. The number of anilines is 1. The molecule has 23 heavy (non-hydrogen) atoms. The SMILES string of the molecule is CN(C)c1ccc(CNC(=O)Cc2csc(CCCN)n2)cc1. The molecular weight excluding hydrogens is 308 g/mol. The van der Waals surface area contributed by atoms with E-state index in [1.54, 1.807) is 11.3 Å². The molecule has 6 heteroatoms. The molecule has 0 spiro atoms. The molecule has 2 aromatic rings. The second-order valence-corrected chi connectivity index (χ2v) is 6.58. The van der Waals surface area contributed by atoms with Crippen LogP contribution in [0, 0.1) is 0 Å². The number of thiazole rings is 1. The van der Waals surface area contributed by atoms with E-state index < -0.39 is 0 Å². The van der Waals surface area contributed by atoms with Crippen LogP contribution in [0.3, 0.4) is 0 Å². The van der Waals surface area contributed by atoms with Crippen molar-refractivity contribution in [3.05, 3.63) is 45.9 Å². The van der Waals surface area contributed by atoms with E-state index in [2.05, 4.69) is 10.3 Å². The molecule has 2 rings (SSSR count). The van der Waals surface area contributed by atoms with Crippen LogP contribution in [0.5, 0.6) is 0 Å². The fraction of sp³-hybridized carbons (Fsp3) is 0.412. The lowest BCUT2D eigenvalue weighted by atomic mass is 10.2. The minimum Gasteiger partial charge on any atom is -0.378 e. The van der Waals surface area contributed by atoms with Crippen molar-refractivity contribution in [2.75, 3.05) is 25.5 Å². The Balaban J connectivity index is 1.79. The van der Waals surface area contributed by atoms with Gasteiger partial charge in [0.1, 0.15) is 0 Å². The van der Waals surface area contributed by atoms with Crippen LogP contribution < -0.4 is 16.0 Å².